The summed E-state index contributed by atoms with van der Waals surface area (Å²) in [7, 11) is 0. The van der Waals surface area contributed by atoms with Crippen molar-refractivity contribution in [3.8, 4) is 17.2 Å². The Kier molecular flexibility index (Phi) is 3.63. The van der Waals surface area contributed by atoms with Gasteiger partial charge in [-0.15, -0.1) is 0 Å². The molecule has 20 heavy (non-hydrogen) atoms. The van der Waals surface area contributed by atoms with Crippen molar-refractivity contribution >= 4 is 23.2 Å². The number of aromatic nitrogens is 2. The minimum Gasteiger partial charge on any atom is -0.452 e. The molecule has 0 bridgehead atoms. The maximum Gasteiger partial charge on any atom is 0.165 e. The predicted molar refractivity (Wildman–Crippen MR) is 80.1 cm³/mol. The van der Waals surface area contributed by atoms with E-state index in [-0.39, 0.29) is 0 Å². The highest BCUT2D eigenvalue weighted by atomic mass is 35.5. The number of ether oxygens (including phenoxy) is 1. The van der Waals surface area contributed by atoms with Gasteiger partial charge in [0.2, 0.25) is 0 Å². The van der Waals surface area contributed by atoms with Gasteiger partial charge in [-0.05, 0) is 36.4 Å². The molecule has 3 nitrogen and oxygen atoms in total. The summed E-state index contributed by atoms with van der Waals surface area (Å²) in [6.45, 7) is 0. The Balaban J connectivity index is 1.84. The number of halogens is 2. The third-order valence-electron chi connectivity index (χ3n) is 2.71. The summed E-state index contributed by atoms with van der Waals surface area (Å²) in [5.41, 5.74) is 0.906. The molecule has 0 aliphatic rings. The minimum absolute atomic E-state index is 0.562. The van der Waals surface area contributed by atoms with E-state index in [2.05, 4.69) is 5.10 Å². The van der Waals surface area contributed by atoms with E-state index < -0.39 is 0 Å². The van der Waals surface area contributed by atoms with Gasteiger partial charge < -0.3 is 4.74 Å². The summed E-state index contributed by atoms with van der Waals surface area (Å²) < 4.78 is 7.40. The van der Waals surface area contributed by atoms with Crippen molar-refractivity contribution < 1.29 is 4.74 Å². The molecule has 0 amide bonds. The molecule has 0 saturated heterocycles. The summed E-state index contributed by atoms with van der Waals surface area (Å²) in [5.74, 6) is 1.22. The average Bonchev–Trinajstić information content (AvgIpc) is 2.91. The summed E-state index contributed by atoms with van der Waals surface area (Å²) in [5, 5.41) is 5.50. The van der Waals surface area contributed by atoms with Crippen molar-refractivity contribution in [2.75, 3.05) is 0 Å². The molecule has 0 saturated carbocycles. The third-order valence-corrected chi connectivity index (χ3v) is 3.28. The average molecular weight is 305 g/mol. The largest absolute Gasteiger partial charge is 0.452 e. The number of para-hydroxylation sites is 1. The van der Waals surface area contributed by atoms with E-state index in [1.807, 2.05) is 42.5 Å². The fourth-order valence-electron chi connectivity index (χ4n) is 1.75. The van der Waals surface area contributed by atoms with Crippen molar-refractivity contribution in [1.29, 1.82) is 0 Å². The second-order valence-electron chi connectivity index (χ2n) is 4.13. The first-order valence-electron chi connectivity index (χ1n) is 5.95. The van der Waals surface area contributed by atoms with Crippen LogP contribution in [0.15, 0.2) is 60.9 Å². The van der Waals surface area contributed by atoms with E-state index in [1.165, 1.54) is 0 Å². The summed E-state index contributed by atoms with van der Waals surface area (Å²) in [6, 6.07) is 14.7. The van der Waals surface area contributed by atoms with E-state index in [1.54, 1.807) is 23.1 Å². The number of hydrogen-bond donors (Lipinski definition) is 0. The summed E-state index contributed by atoms with van der Waals surface area (Å²) >= 11 is 11.9. The van der Waals surface area contributed by atoms with Crippen LogP contribution in [0.2, 0.25) is 10.0 Å². The van der Waals surface area contributed by atoms with Gasteiger partial charge >= 0.3 is 0 Å². The maximum atomic E-state index is 6.05. The maximum absolute atomic E-state index is 6.05. The first kappa shape index (κ1) is 13.0. The van der Waals surface area contributed by atoms with E-state index in [4.69, 9.17) is 27.9 Å². The topological polar surface area (TPSA) is 27.1 Å². The van der Waals surface area contributed by atoms with Crippen LogP contribution in [0.25, 0.3) is 5.69 Å². The summed E-state index contributed by atoms with van der Waals surface area (Å²) in [4.78, 5) is 0. The highest BCUT2D eigenvalue weighted by Crippen LogP contribution is 2.28. The monoisotopic (exact) mass is 304 g/mol. The zero-order chi connectivity index (χ0) is 13.9. The van der Waals surface area contributed by atoms with Crippen LogP contribution in [-0.4, -0.2) is 9.78 Å². The lowest BCUT2D eigenvalue weighted by Gasteiger charge is -2.04. The normalized spacial score (nSPS) is 10.5. The van der Waals surface area contributed by atoms with E-state index in [9.17, 15) is 0 Å². The van der Waals surface area contributed by atoms with Crippen LogP contribution in [0.5, 0.6) is 11.5 Å². The Hall–Kier alpha value is -1.97. The molecule has 100 valence electrons. The number of benzene rings is 2. The Labute approximate surface area is 126 Å². The van der Waals surface area contributed by atoms with Crippen LogP contribution >= 0.6 is 23.2 Å². The molecule has 0 fully saturated rings. The molecule has 3 aromatic rings. The lowest BCUT2D eigenvalue weighted by atomic mass is 10.3. The van der Waals surface area contributed by atoms with Crippen molar-refractivity contribution in [2.24, 2.45) is 0 Å². The van der Waals surface area contributed by atoms with Gasteiger partial charge in [-0.3, -0.25) is 0 Å². The Morgan fingerprint density at radius 3 is 2.45 bits per heavy atom. The Bertz CT molecular complexity index is 723. The number of rotatable bonds is 3. The van der Waals surface area contributed by atoms with Crippen LogP contribution in [0.4, 0.5) is 0 Å². The van der Waals surface area contributed by atoms with Gasteiger partial charge in [0.25, 0.3) is 0 Å². The zero-order valence-corrected chi connectivity index (χ0v) is 11.8. The molecule has 0 aliphatic heterocycles. The van der Waals surface area contributed by atoms with E-state index in [0.29, 0.717) is 21.5 Å². The van der Waals surface area contributed by atoms with Gasteiger partial charge in [0.05, 0.1) is 23.1 Å². The molecule has 0 N–H and O–H groups in total. The fourth-order valence-corrected chi connectivity index (χ4v) is 2.05. The highest BCUT2D eigenvalue weighted by Gasteiger charge is 2.05. The first-order chi connectivity index (χ1) is 9.72. The molecular weight excluding hydrogens is 295 g/mol. The quantitative estimate of drug-likeness (QED) is 0.683. The first-order valence-corrected chi connectivity index (χ1v) is 6.71. The molecule has 0 spiro atoms. The molecule has 0 aliphatic carbocycles. The second-order valence-corrected chi connectivity index (χ2v) is 4.97. The fraction of sp³-hybridized carbons (Fsp3) is 0. The summed E-state index contributed by atoms with van der Waals surface area (Å²) in [6.07, 6.45) is 3.42. The SMILES string of the molecule is Clc1ccc(-n2cc(Oc3ccccc3Cl)cn2)cc1. The van der Waals surface area contributed by atoms with Crippen molar-refractivity contribution in [1.82, 2.24) is 9.78 Å². The minimum atomic E-state index is 0.562. The predicted octanol–water partition coefficient (Wildman–Crippen LogP) is 4.97. The van der Waals surface area contributed by atoms with Gasteiger partial charge in [-0.25, -0.2) is 4.68 Å². The van der Waals surface area contributed by atoms with Crippen molar-refractivity contribution in [3.05, 3.63) is 71.0 Å². The smallest absolute Gasteiger partial charge is 0.165 e. The van der Waals surface area contributed by atoms with E-state index >= 15 is 0 Å². The van der Waals surface area contributed by atoms with Gasteiger partial charge in [-0.2, -0.15) is 5.10 Å². The standard InChI is InChI=1S/C15H10Cl2N2O/c16-11-5-7-12(8-6-11)19-10-13(9-18-19)20-15-4-2-1-3-14(15)17/h1-10H. The van der Waals surface area contributed by atoms with Crippen LogP contribution in [-0.2, 0) is 0 Å². The van der Waals surface area contributed by atoms with Crippen LogP contribution < -0.4 is 4.74 Å². The van der Waals surface area contributed by atoms with Crippen molar-refractivity contribution in [3.63, 3.8) is 0 Å². The zero-order valence-electron chi connectivity index (χ0n) is 10.3. The lowest BCUT2D eigenvalue weighted by molar-refractivity contribution is 0.482. The van der Waals surface area contributed by atoms with Gasteiger partial charge in [0.15, 0.2) is 5.75 Å². The highest BCUT2D eigenvalue weighted by molar-refractivity contribution is 6.32. The molecule has 2 aromatic carbocycles. The van der Waals surface area contributed by atoms with Gasteiger partial charge in [0.1, 0.15) is 5.75 Å². The van der Waals surface area contributed by atoms with Crippen LogP contribution in [0, 0.1) is 0 Å². The molecule has 1 aromatic heterocycles. The third kappa shape index (κ3) is 2.79. The van der Waals surface area contributed by atoms with Crippen LogP contribution in [0.3, 0.4) is 0 Å². The second kappa shape index (κ2) is 5.57. The lowest BCUT2D eigenvalue weighted by Crippen LogP contribution is -1.92. The van der Waals surface area contributed by atoms with Crippen LogP contribution in [0.1, 0.15) is 0 Å². The molecule has 0 unspecified atom stereocenters. The van der Waals surface area contributed by atoms with Crippen molar-refractivity contribution in [2.45, 2.75) is 0 Å². The van der Waals surface area contributed by atoms with Gasteiger partial charge in [-0.1, -0.05) is 35.3 Å². The molecule has 1 heterocycles. The Morgan fingerprint density at radius 2 is 1.70 bits per heavy atom. The molecule has 0 atom stereocenters. The van der Waals surface area contributed by atoms with E-state index in [0.717, 1.165) is 5.69 Å². The molecular formula is C15H10Cl2N2O. The van der Waals surface area contributed by atoms with Gasteiger partial charge in [0, 0.05) is 5.02 Å². The number of hydrogen-bond acceptors (Lipinski definition) is 2. The molecule has 5 heteroatoms. The number of nitrogens with zero attached hydrogens (tertiary/aromatic N) is 2. The molecule has 3 rings (SSSR count). The Morgan fingerprint density at radius 1 is 0.950 bits per heavy atom. The molecule has 0 radical (unpaired) electrons.